The van der Waals surface area contributed by atoms with Gasteiger partial charge in [-0.05, 0) is 38.7 Å². The molecule has 1 aromatic heterocycles. The van der Waals surface area contributed by atoms with E-state index in [0.29, 0.717) is 12.5 Å². The molecule has 1 aliphatic carbocycles. The Kier molecular flexibility index (Phi) is 9.10. The van der Waals surface area contributed by atoms with E-state index in [1.807, 2.05) is 41.6 Å². The number of benzene rings is 1. The Morgan fingerprint density at radius 2 is 1.91 bits per heavy atom. The predicted octanol–water partition coefficient (Wildman–Crippen LogP) is 3.33. The highest BCUT2D eigenvalue weighted by molar-refractivity contribution is 14.0. The van der Waals surface area contributed by atoms with Gasteiger partial charge in [0, 0.05) is 32.1 Å². The van der Waals surface area contributed by atoms with E-state index in [2.05, 4.69) is 39.9 Å². The lowest BCUT2D eigenvalue weighted by molar-refractivity contribution is -0.134. The fourth-order valence-electron chi connectivity index (χ4n) is 4.60. The molecular formula is C24H36IN7O. The molecule has 180 valence electrons. The first kappa shape index (κ1) is 25.5. The average Bonchev–Trinajstić information content (AvgIpc) is 3.56. The molecule has 0 bridgehead atoms. The summed E-state index contributed by atoms with van der Waals surface area (Å²) in [5.41, 5.74) is 1.20. The second-order valence-corrected chi connectivity index (χ2v) is 9.06. The maximum Gasteiger partial charge on any atom is 0.225 e. The van der Waals surface area contributed by atoms with Crippen molar-refractivity contribution in [2.24, 2.45) is 18.0 Å². The number of carbonyl (C=O) groups excluding carboxylic acids is 1. The minimum Gasteiger partial charge on any atom is -0.352 e. The molecule has 33 heavy (non-hydrogen) atoms. The Morgan fingerprint density at radius 3 is 2.58 bits per heavy atom. The van der Waals surface area contributed by atoms with E-state index >= 15 is 0 Å². The molecule has 2 heterocycles. The van der Waals surface area contributed by atoms with Crippen LogP contribution in [0.4, 0.5) is 0 Å². The van der Waals surface area contributed by atoms with Gasteiger partial charge in [0.25, 0.3) is 0 Å². The van der Waals surface area contributed by atoms with Crippen LogP contribution in [0.5, 0.6) is 0 Å². The Morgan fingerprint density at radius 1 is 1.18 bits per heavy atom. The summed E-state index contributed by atoms with van der Waals surface area (Å²) in [6.07, 6.45) is 5.40. The molecule has 1 aliphatic heterocycles. The summed E-state index contributed by atoms with van der Waals surface area (Å²) < 4.78 is 1.96. The van der Waals surface area contributed by atoms with Crippen LogP contribution < -0.4 is 10.6 Å². The maximum atomic E-state index is 12.8. The smallest absolute Gasteiger partial charge is 0.225 e. The van der Waals surface area contributed by atoms with E-state index in [0.717, 1.165) is 50.0 Å². The van der Waals surface area contributed by atoms with Crippen LogP contribution in [0.3, 0.4) is 0 Å². The SMILES string of the molecule is Cc1nnc(CN=C(NC2CCN(C(=O)C3CCCC3)C2)NC(C)c2ccccc2)n1C.I. The lowest BCUT2D eigenvalue weighted by Gasteiger charge is -2.23. The number of amides is 1. The van der Waals surface area contributed by atoms with Crippen molar-refractivity contribution < 1.29 is 4.79 Å². The van der Waals surface area contributed by atoms with Crippen LogP contribution in [-0.4, -0.2) is 50.7 Å². The van der Waals surface area contributed by atoms with Crippen molar-refractivity contribution >= 4 is 35.8 Å². The van der Waals surface area contributed by atoms with Crippen molar-refractivity contribution in [2.45, 2.75) is 64.6 Å². The van der Waals surface area contributed by atoms with Crippen molar-refractivity contribution in [1.82, 2.24) is 30.3 Å². The van der Waals surface area contributed by atoms with Crippen molar-refractivity contribution in [1.29, 1.82) is 0 Å². The van der Waals surface area contributed by atoms with Crippen LogP contribution in [-0.2, 0) is 18.4 Å². The summed E-state index contributed by atoms with van der Waals surface area (Å²) in [6.45, 7) is 6.05. The Balaban J connectivity index is 0.00000306. The largest absolute Gasteiger partial charge is 0.352 e. The monoisotopic (exact) mass is 565 g/mol. The lowest BCUT2D eigenvalue weighted by Crippen LogP contribution is -2.46. The third kappa shape index (κ3) is 6.45. The van der Waals surface area contributed by atoms with Gasteiger partial charge in [-0.1, -0.05) is 43.2 Å². The lowest BCUT2D eigenvalue weighted by atomic mass is 10.1. The molecule has 2 N–H and O–H groups in total. The molecule has 1 amide bonds. The third-order valence-electron chi connectivity index (χ3n) is 6.76. The molecule has 2 unspecified atom stereocenters. The number of nitrogens with one attached hydrogen (secondary N) is 2. The number of aromatic nitrogens is 3. The van der Waals surface area contributed by atoms with Crippen LogP contribution in [0.25, 0.3) is 0 Å². The van der Waals surface area contributed by atoms with Crippen LogP contribution in [0.2, 0.25) is 0 Å². The number of halogens is 1. The number of rotatable bonds is 6. The summed E-state index contributed by atoms with van der Waals surface area (Å²) in [5.74, 6) is 3.00. The van der Waals surface area contributed by atoms with Gasteiger partial charge < -0.3 is 20.1 Å². The van der Waals surface area contributed by atoms with Gasteiger partial charge in [-0.3, -0.25) is 4.79 Å². The summed E-state index contributed by atoms with van der Waals surface area (Å²) in [5, 5.41) is 15.5. The highest BCUT2D eigenvalue weighted by atomic mass is 127. The molecule has 4 rings (SSSR count). The third-order valence-corrected chi connectivity index (χ3v) is 6.76. The van der Waals surface area contributed by atoms with Gasteiger partial charge >= 0.3 is 0 Å². The van der Waals surface area contributed by atoms with Gasteiger partial charge in [-0.25, -0.2) is 4.99 Å². The van der Waals surface area contributed by atoms with Crippen LogP contribution in [0, 0.1) is 12.8 Å². The Labute approximate surface area is 213 Å². The minimum absolute atomic E-state index is 0. The first-order valence-electron chi connectivity index (χ1n) is 11.8. The fraction of sp³-hybridized carbons (Fsp3) is 0.583. The predicted molar refractivity (Wildman–Crippen MR) is 140 cm³/mol. The second kappa shape index (κ2) is 11.8. The molecule has 1 saturated carbocycles. The van der Waals surface area contributed by atoms with E-state index in [4.69, 9.17) is 4.99 Å². The van der Waals surface area contributed by atoms with E-state index < -0.39 is 0 Å². The fourth-order valence-corrected chi connectivity index (χ4v) is 4.60. The zero-order valence-corrected chi connectivity index (χ0v) is 22.2. The Bertz CT molecular complexity index is 940. The number of aliphatic imine (C=N–C) groups is 1. The van der Waals surface area contributed by atoms with Gasteiger partial charge in [0.1, 0.15) is 12.4 Å². The van der Waals surface area contributed by atoms with Crippen LogP contribution >= 0.6 is 24.0 Å². The molecule has 2 aromatic rings. The number of likely N-dealkylation sites (tertiary alicyclic amines) is 1. The highest BCUT2D eigenvalue weighted by Gasteiger charge is 2.32. The summed E-state index contributed by atoms with van der Waals surface area (Å²) in [7, 11) is 1.96. The van der Waals surface area contributed by atoms with E-state index in [1.165, 1.54) is 18.4 Å². The number of hydrogen-bond donors (Lipinski definition) is 2. The van der Waals surface area contributed by atoms with Crippen LogP contribution in [0.15, 0.2) is 35.3 Å². The normalized spacial score (nSPS) is 19.9. The van der Waals surface area contributed by atoms with Gasteiger partial charge in [-0.15, -0.1) is 34.2 Å². The average molecular weight is 566 g/mol. The number of hydrogen-bond acceptors (Lipinski definition) is 4. The number of guanidine groups is 1. The van der Waals surface area contributed by atoms with Crippen molar-refractivity contribution in [3.8, 4) is 0 Å². The number of aryl methyl sites for hydroxylation is 1. The number of carbonyl (C=O) groups is 1. The molecule has 0 spiro atoms. The Hall–Kier alpha value is -2.17. The molecule has 8 nitrogen and oxygen atoms in total. The first-order valence-corrected chi connectivity index (χ1v) is 11.8. The van der Waals surface area contributed by atoms with E-state index in [9.17, 15) is 4.79 Å². The summed E-state index contributed by atoms with van der Waals surface area (Å²) in [4.78, 5) is 19.7. The molecule has 1 saturated heterocycles. The topological polar surface area (TPSA) is 87.4 Å². The van der Waals surface area contributed by atoms with Crippen LogP contribution in [0.1, 0.15) is 62.3 Å². The minimum atomic E-state index is 0. The molecule has 9 heteroatoms. The molecule has 2 fully saturated rings. The van der Waals surface area contributed by atoms with Gasteiger partial charge in [0.15, 0.2) is 11.8 Å². The quantitative estimate of drug-likeness (QED) is 0.319. The molecule has 2 atom stereocenters. The zero-order chi connectivity index (χ0) is 22.5. The van der Waals surface area contributed by atoms with Gasteiger partial charge in [-0.2, -0.15) is 0 Å². The second-order valence-electron chi connectivity index (χ2n) is 9.06. The van der Waals surface area contributed by atoms with Crippen molar-refractivity contribution in [3.05, 3.63) is 47.5 Å². The maximum absolute atomic E-state index is 12.8. The molecule has 2 aliphatic rings. The molecule has 0 radical (unpaired) electrons. The van der Waals surface area contributed by atoms with Gasteiger partial charge in [0.2, 0.25) is 5.91 Å². The zero-order valence-electron chi connectivity index (χ0n) is 19.8. The van der Waals surface area contributed by atoms with Gasteiger partial charge in [0.05, 0.1) is 6.04 Å². The summed E-state index contributed by atoms with van der Waals surface area (Å²) >= 11 is 0. The molecular weight excluding hydrogens is 529 g/mol. The summed E-state index contributed by atoms with van der Waals surface area (Å²) in [6, 6.07) is 10.6. The first-order chi connectivity index (χ1) is 15.5. The molecule has 1 aromatic carbocycles. The van der Waals surface area contributed by atoms with Crippen molar-refractivity contribution in [3.63, 3.8) is 0 Å². The highest BCUT2D eigenvalue weighted by Crippen LogP contribution is 2.27. The van der Waals surface area contributed by atoms with E-state index in [1.54, 1.807) is 0 Å². The standard InChI is InChI=1S/C24H35N7O.HI/c1-17(19-9-5-4-6-10-19)26-24(25-15-22-29-28-18(2)30(22)3)27-21-13-14-31(16-21)23(32)20-11-7-8-12-20;/h4-6,9-10,17,20-21H,7-8,11-16H2,1-3H3,(H2,25,26,27);1H. The van der Waals surface area contributed by atoms with Crippen molar-refractivity contribution in [2.75, 3.05) is 13.1 Å². The number of nitrogens with zero attached hydrogens (tertiary/aromatic N) is 5. The van der Waals surface area contributed by atoms with E-state index in [-0.39, 0.29) is 42.0 Å².